The minimum atomic E-state index is 0.616. The first-order valence-corrected chi connectivity index (χ1v) is 6.30. The van der Waals surface area contributed by atoms with Crippen LogP contribution in [0.3, 0.4) is 0 Å². The highest BCUT2D eigenvalue weighted by Crippen LogP contribution is 2.29. The quantitative estimate of drug-likeness (QED) is 0.805. The van der Waals surface area contributed by atoms with E-state index in [1.165, 1.54) is 16.8 Å². The van der Waals surface area contributed by atoms with Crippen molar-refractivity contribution < 1.29 is 0 Å². The lowest BCUT2D eigenvalue weighted by molar-refractivity contribution is 0.573. The topological polar surface area (TPSA) is 41.6 Å². The van der Waals surface area contributed by atoms with Gasteiger partial charge in [-0.15, -0.1) is 0 Å². The summed E-state index contributed by atoms with van der Waals surface area (Å²) >= 11 is 0. The zero-order valence-electron chi connectivity index (χ0n) is 10.4. The SMILES string of the molecule is CC1Cc2c(C#N)nn(Cc3ccccc3)c2C1. The number of fused-ring (bicyclic) bond motifs is 1. The molecular weight excluding hydrogens is 222 g/mol. The Morgan fingerprint density at radius 3 is 2.83 bits per heavy atom. The number of rotatable bonds is 2. The van der Waals surface area contributed by atoms with Crippen LogP contribution in [-0.4, -0.2) is 9.78 Å². The summed E-state index contributed by atoms with van der Waals surface area (Å²) in [7, 11) is 0. The second kappa shape index (κ2) is 4.30. The van der Waals surface area contributed by atoms with Crippen LogP contribution in [0.5, 0.6) is 0 Å². The zero-order valence-corrected chi connectivity index (χ0v) is 10.4. The van der Waals surface area contributed by atoms with Crippen LogP contribution in [0, 0.1) is 17.2 Å². The minimum Gasteiger partial charge on any atom is -0.264 e. The molecule has 0 N–H and O–H groups in total. The average Bonchev–Trinajstić information content (AvgIpc) is 2.90. The molecule has 0 radical (unpaired) electrons. The Balaban J connectivity index is 1.97. The molecule has 0 fully saturated rings. The fourth-order valence-electron chi connectivity index (χ4n) is 2.70. The summed E-state index contributed by atoms with van der Waals surface area (Å²) in [6, 6.07) is 12.5. The Morgan fingerprint density at radius 2 is 2.11 bits per heavy atom. The Hall–Kier alpha value is -2.08. The lowest BCUT2D eigenvalue weighted by Gasteiger charge is -2.06. The molecule has 0 amide bonds. The average molecular weight is 237 g/mol. The molecule has 1 heterocycles. The molecule has 0 saturated carbocycles. The fourth-order valence-corrected chi connectivity index (χ4v) is 2.70. The monoisotopic (exact) mass is 237 g/mol. The van der Waals surface area contributed by atoms with Crippen molar-refractivity contribution in [3.8, 4) is 6.07 Å². The van der Waals surface area contributed by atoms with Gasteiger partial charge >= 0.3 is 0 Å². The fraction of sp³-hybridized carbons (Fsp3) is 0.333. The van der Waals surface area contributed by atoms with Crippen molar-refractivity contribution in [3.63, 3.8) is 0 Å². The summed E-state index contributed by atoms with van der Waals surface area (Å²) in [6.07, 6.45) is 2.03. The Bertz CT molecular complexity index is 605. The molecule has 2 aromatic rings. The highest BCUT2D eigenvalue weighted by molar-refractivity contribution is 5.39. The third-order valence-corrected chi connectivity index (χ3v) is 3.54. The van der Waals surface area contributed by atoms with Gasteiger partial charge in [-0.1, -0.05) is 37.3 Å². The van der Waals surface area contributed by atoms with E-state index < -0.39 is 0 Å². The summed E-state index contributed by atoms with van der Waals surface area (Å²) in [6.45, 7) is 2.99. The second-order valence-corrected chi connectivity index (χ2v) is 5.04. The number of hydrogen-bond donors (Lipinski definition) is 0. The largest absolute Gasteiger partial charge is 0.264 e. The van der Waals surface area contributed by atoms with Crippen LogP contribution in [0.15, 0.2) is 30.3 Å². The maximum atomic E-state index is 9.14. The van der Waals surface area contributed by atoms with Gasteiger partial charge in [-0.05, 0) is 24.3 Å². The van der Waals surface area contributed by atoms with Crippen molar-refractivity contribution in [1.29, 1.82) is 5.26 Å². The highest BCUT2D eigenvalue weighted by atomic mass is 15.3. The van der Waals surface area contributed by atoms with Crippen molar-refractivity contribution in [2.24, 2.45) is 5.92 Å². The van der Waals surface area contributed by atoms with Crippen LogP contribution in [-0.2, 0) is 19.4 Å². The van der Waals surface area contributed by atoms with Gasteiger partial charge in [0, 0.05) is 11.3 Å². The van der Waals surface area contributed by atoms with Crippen molar-refractivity contribution in [2.75, 3.05) is 0 Å². The predicted molar refractivity (Wildman–Crippen MR) is 69.1 cm³/mol. The molecule has 1 aliphatic carbocycles. The molecule has 18 heavy (non-hydrogen) atoms. The predicted octanol–water partition coefficient (Wildman–Crippen LogP) is 2.54. The second-order valence-electron chi connectivity index (χ2n) is 5.04. The standard InChI is InChI=1S/C15H15N3/c1-11-7-13-14(9-16)17-18(15(13)8-11)10-12-5-3-2-4-6-12/h2-6,11H,7-8,10H2,1H3. The van der Waals surface area contributed by atoms with E-state index in [4.69, 9.17) is 5.26 Å². The van der Waals surface area contributed by atoms with E-state index in [2.05, 4.69) is 30.2 Å². The molecule has 0 aliphatic heterocycles. The number of aromatic nitrogens is 2. The summed E-state index contributed by atoms with van der Waals surface area (Å²) in [5.41, 5.74) is 4.26. The molecule has 90 valence electrons. The zero-order chi connectivity index (χ0) is 12.5. The Labute approximate surface area is 107 Å². The van der Waals surface area contributed by atoms with E-state index >= 15 is 0 Å². The first-order valence-electron chi connectivity index (χ1n) is 6.30. The van der Waals surface area contributed by atoms with E-state index in [-0.39, 0.29) is 0 Å². The molecule has 0 spiro atoms. The molecule has 1 aromatic heterocycles. The minimum absolute atomic E-state index is 0.616. The van der Waals surface area contributed by atoms with Gasteiger partial charge in [0.05, 0.1) is 6.54 Å². The number of hydrogen-bond acceptors (Lipinski definition) is 2. The van der Waals surface area contributed by atoms with Crippen LogP contribution in [0.25, 0.3) is 0 Å². The first kappa shape index (κ1) is 11.0. The van der Waals surface area contributed by atoms with Gasteiger partial charge in [0.1, 0.15) is 6.07 Å². The third kappa shape index (κ3) is 1.80. The van der Waals surface area contributed by atoms with Gasteiger partial charge in [0.2, 0.25) is 0 Å². The van der Waals surface area contributed by atoms with Crippen LogP contribution in [0.4, 0.5) is 0 Å². The number of nitrogens with zero attached hydrogens (tertiary/aromatic N) is 3. The van der Waals surface area contributed by atoms with Gasteiger partial charge in [-0.2, -0.15) is 10.4 Å². The van der Waals surface area contributed by atoms with E-state index in [1.807, 2.05) is 22.9 Å². The van der Waals surface area contributed by atoms with Crippen molar-refractivity contribution in [1.82, 2.24) is 9.78 Å². The molecule has 1 aliphatic rings. The number of nitriles is 1. The van der Waals surface area contributed by atoms with Crippen LogP contribution in [0.1, 0.15) is 29.4 Å². The molecular formula is C15H15N3. The lowest BCUT2D eigenvalue weighted by Crippen LogP contribution is -2.07. The normalized spacial score (nSPS) is 17.4. The van der Waals surface area contributed by atoms with Crippen molar-refractivity contribution in [3.05, 3.63) is 52.8 Å². The Kier molecular flexibility index (Phi) is 2.64. The van der Waals surface area contributed by atoms with Gasteiger partial charge in [-0.25, -0.2) is 0 Å². The maximum Gasteiger partial charge on any atom is 0.165 e. The van der Waals surface area contributed by atoms with Crippen molar-refractivity contribution >= 4 is 0 Å². The molecule has 3 nitrogen and oxygen atoms in total. The van der Waals surface area contributed by atoms with Gasteiger partial charge < -0.3 is 0 Å². The maximum absolute atomic E-state index is 9.14. The van der Waals surface area contributed by atoms with Crippen LogP contribution in [0.2, 0.25) is 0 Å². The third-order valence-electron chi connectivity index (χ3n) is 3.54. The highest BCUT2D eigenvalue weighted by Gasteiger charge is 2.26. The lowest BCUT2D eigenvalue weighted by atomic mass is 10.1. The molecule has 3 rings (SSSR count). The van der Waals surface area contributed by atoms with Gasteiger partial charge in [-0.3, -0.25) is 4.68 Å². The first-order chi connectivity index (χ1) is 8.78. The van der Waals surface area contributed by atoms with E-state index in [1.54, 1.807) is 0 Å². The Morgan fingerprint density at radius 1 is 1.33 bits per heavy atom. The molecule has 0 saturated heterocycles. The summed E-state index contributed by atoms with van der Waals surface area (Å²) in [5.74, 6) is 0.632. The smallest absolute Gasteiger partial charge is 0.165 e. The molecule has 0 bridgehead atoms. The number of benzene rings is 1. The molecule has 3 heteroatoms. The summed E-state index contributed by atoms with van der Waals surface area (Å²) in [4.78, 5) is 0. The van der Waals surface area contributed by atoms with E-state index in [0.717, 1.165) is 19.4 Å². The molecule has 1 aromatic carbocycles. The van der Waals surface area contributed by atoms with Crippen LogP contribution < -0.4 is 0 Å². The summed E-state index contributed by atoms with van der Waals surface area (Å²) in [5, 5.41) is 13.6. The van der Waals surface area contributed by atoms with Gasteiger partial charge in [0.15, 0.2) is 5.69 Å². The van der Waals surface area contributed by atoms with Gasteiger partial charge in [0.25, 0.3) is 0 Å². The molecule has 1 unspecified atom stereocenters. The van der Waals surface area contributed by atoms with E-state index in [9.17, 15) is 0 Å². The van der Waals surface area contributed by atoms with Crippen molar-refractivity contribution in [2.45, 2.75) is 26.3 Å². The van der Waals surface area contributed by atoms with E-state index in [0.29, 0.717) is 11.6 Å². The van der Waals surface area contributed by atoms with Crippen LogP contribution >= 0.6 is 0 Å². The molecule has 1 atom stereocenters. The summed E-state index contributed by atoms with van der Waals surface area (Å²) < 4.78 is 2.01.